The number of urea groups is 1. The monoisotopic (exact) mass is 348 g/mol. The van der Waals surface area contributed by atoms with Crippen molar-refractivity contribution in [1.82, 2.24) is 10.2 Å². The van der Waals surface area contributed by atoms with Gasteiger partial charge >= 0.3 is 6.03 Å². The summed E-state index contributed by atoms with van der Waals surface area (Å²) >= 11 is 0. The summed E-state index contributed by atoms with van der Waals surface area (Å²) < 4.78 is 37.7. The van der Waals surface area contributed by atoms with Gasteiger partial charge in [0.05, 0.1) is 0 Å². The molecule has 5 nitrogen and oxygen atoms in total. The summed E-state index contributed by atoms with van der Waals surface area (Å²) in [6, 6.07) is 8.23. The molecule has 132 valence electrons. The van der Waals surface area contributed by atoms with E-state index in [9.17, 15) is 13.6 Å². The van der Waals surface area contributed by atoms with Crippen molar-refractivity contribution in [2.45, 2.75) is 13.1 Å². The number of halogens is 2. The molecule has 1 aliphatic heterocycles. The van der Waals surface area contributed by atoms with Crippen molar-refractivity contribution in [1.29, 1.82) is 0 Å². The van der Waals surface area contributed by atoms with Gasteiger partial charge in [0.25, 0.3) is 0 Å². The molecule has 0 atom stereocenters. The third-order valence-electron chi connectivity index (χ3n) is 3.81. The van der Waals surface area contributed by atoms with Gasteiger partial charge in [-0.25, -0.2) is 13.6 Å². The van der Waals surface area contributed by atoms with E-state index in [0.717, 1.165) is 23.8 Å². The SMILES string of the molecule is CN(Cc1ccc2c(c1)OCCO2)C(=O)NCc1cc(F)ccc1F. The molecule has 1 aliphatic rings. The third-order valence-corrected chi connectivity index (χ3v) is 3.81. The standard InChI is InChI=1S/C18H18F2N2O3/c1-22(11-12-2-5-16-17(8-12)25-7-6-24-16)18(23)21-10-13-9-14(19)3-4-15(13)20/h2-5,8-9H,6-7,10-11H2,1H3,(H,21,23). The van der Waals surface area contributed by atoms with Gasteiger partial charge in [0.1, 0.15) is 24.8 Å². The van der Waals surface area contributed by atoms with E-state index in [1.54, 1.807) is 13.1 Å². The number of amides is 2. The predicted molar refractivity (Wildman–Crippen MR) is 87.5 cm³/mol. The van der Waals surface area contributed by atoms with E-state index in [4.69, 9.17) is 9.47 Å². The van der Waals surface area contributed by atoms with Crippen molar-refractivity contribution < 1.29 is 23.0 Å². The highest BCUT2D eigenvalue weighted by atomic mass is 19.1. The van der Waals surface area contributed by atoms with Crippen LogP contribution in [0.15, 0.2) is 36.4 Å². The highest BCUT2D eigenvalue weighted by Crippen LogP contribution is 2.31. The van der Waals surface area contributed by atoms with Crippen LogP contribution in [0.4, 0.5) is 13.6 Å². The highest BCUT2D eigenvalue weighted by Gasteiger charge is 2.15. The fraction of sp³-hybridized carbons (Fsp3) is 0.278. The van der Waals surface area contributed by atoms with Crippen LogP contribution in [0, 0.1) is 11.6 Å². The van der Waals surface area contributed by atoms with Gasteiger partial charge in [0.2, 0.25) is 0 Å². The molecule has 1 heterocycles. The van der Waals surface area contributed by atoms with Crippen LogP contribution >= 0.6 is 0 Å². The second-order valence-corrected chi connectivity index (χ2v) is 5.73. The Morgan fingerprint density at radius 3 is 2.68 bits per heavy atom. The zero-order valence-electron chi connectivity index (χ0n) is 13.7. The topological polar surface area (TPSA) is 50.8 Å². The Kier molecular flexibility index (Phi) is 5.02. The molecule has 0 radical (unpaired) electrons. The molecule has 0 saturated heterocycles. The van der Waals surface area contributed by atoms with Gasteiger partial charge in [-0.3, -0.25) is 0 Å². The van der Waals surface area contributed by atoms with Crippen LogP contribution in [0.5, 0.6) is 11.5 Å². The smallest absolute Gasteiger partial charge is 0.317 e. The first kappa shape index (κ1) is 17.0. The molecule has 2 aromatic rings. The van der Waals surface area contributed by atoms with E-state index in [2.05, 4.69) is 5.32 Å². The number of carbonyl (C=O) groups is 1. The van der Waals surface area contributed by atoms with E-state index in [0.29, 0.717) is 31.3 Å². The Bertz CT molecular complexity index is 783. The number of hydrogen-bond donors (Lipinski definition) is 1. The Morgan fingerprint density at radius 2 is 1.88 bits per heavy atom. The Labute approximate surface area is 144 Å². The molecule has 25 heavy (non-hydrogen) atoms. The summed E-state index contributed by atoms with van der Waals surface area (Å²) in [5.74, 6) is 0.231. The average molecular weight is 348 g/mol. The van der Waals surface area contributed by atoms with Crippen molar-refractivity contribution in [3.05, 3.63) is 59.2 Å². The number of nitrogens with one attached hydrogen (secondary N) is 1. The summed E-state index contributed by atoms with van der Waals surface area (Å²) in [6.07, 6.45) is 0. The zero-order chi connectivity index (χ0) is 17.8. The van der Waals surface area contributed by atoms with Gasteiger partial charge in [-0.15, -0.1) is 0 Å². The van der Waals surface area contributed by atoms with Crippen LogP contribution in [0.25, 0.3) is 0 Å². The van der Waals surface area contributed by atoms with Gasteiger partial charge in [-0.05, 0) is 35.9 Å². The minimum Gasteiger partial charge on any atom is -0.486 e. The zero-order valence-corrected chi connectivity index (χ0v) is 13.7. The second-order valence-electron chi connectivity index (χ2n) is 5.73. The third kappa shape index (κ3) is 4.17. The average Bonchev–Trinajstić information content (AvgIpc) is 2.62. The van der Waals surface area contributed by atoms with Gasteiger partial charge in [-0.2, -0.15) is 0 Å². The normalized spacial score (nSPS) is 12.6. The maximum absolute atomic E-state index is 13.6. The maximum Gasteiger partial charge on any atom is 0.317 e. The highest BCUT2D eigenvalue weighted by molar-refractivity contribution is 5.73. The van der Waals surface area contributed by atoms with E-state index in [1.165, 1.54) is 4.90 Å². The van der Waals surface area contributed by atoms with Gasteiger partial charge in [0.15, 0.2) is 11.5 Å². The van der Waals surface area contributed by atoms with Gasteiger partial charge in [0, 0.05) is 25.7 Å². The summed E-state index contributed by atoms with van der Waals surface area (Å²) in [6.45, 7) is 1.26. The van der Waals surface area contributed by atoms with Crippen LogP contribution in [-0.2, 0) is 13.1 Å². The lowest BCUT2D eigenvalue weighted by atomic mass is 10.2. The molecule has 3 rings (SSSR count). The first-order valence-corrected chi connectivity index (χ1v) is 7.84. The summed E-state index contributed by atoms with van der Waals surface area (Å²) in [5.41, 5.74) is 0.972. The molecule has 0 saturated carbocycles. The van der Waals surface area contributed by atoms with Crippen LogP contribution in [0.3, 0.4) is 0 Å². The van der Waals surface area contributed by atoms with Crippen molar-refractivity contribution in [3.8, 4) is 11.5 Å². The van der Waals surface area contributed by atoms with Crippen LogP contribution in [-0.4, -0.2) is 31.2 Å². The van der Waals surface area contributed by atoms with E-state index >= 15 is 0 Å². The van der Waals surface area contributed by atoms with E-state index in [1.807, 2.05) is 12.1 Å². The Hall–Kier alpha value is -2.83. The first-order valence-electron chi connectivity index (χ1n) is 7.84. The molecular weight excluding hydrogens is 330 g/mol. The van der Waals surface area contributed by atoms with Crippen molar-refractivity contribution in [2.24, 2.45) is 0 Å². The number of benzene rings is 2. The number of carbonyl (C=O) groups excluding carboxylic acids is 1. The van der Waals surface area contributed by atoms with Crippen molar-refractivity contribution >= 4 is 6.03 Å². The number of rotatable bonds is 4. The summed E-state index contributed by atoms with van der Waals surface area (Å²) in [4.78, 5) is 13.6. The lowest BCUT2D eigenvalue weighted by Gasteiger charge is -2.21. The molecule has 0 fully saturated rings. The first-order chi connectivity index (χ1) is 12.0. The minimum atomic E-state index is -0.559. The van der Waals surface area contributed by atoms with E-state index < -0.39 is 17.7 Å². The van der Waals surface area contributed by atoms with Crippen LogP contribution < -0.4 is 14.8 Å². The number of nitrogens with zero attached hydrogens (tertiary/aromatic N) is 1. The van der Waals surface area contributed by atoms with Crippen molar-refractivity contribution in [2.75, 3.05) is 20.3 Å². The summed E-state index contributed by atoms with van der Waals surface area (Å²) in [7, 11) is 1.62. The molecule has 0 bridgehead atoms. The summed E-state index contributed by atoms with van der Waals surface area (Å²) in [5, 5.41) is 2.57. The lowest BCUT2D eigenvalue weighted by molar-refractivity contribution is 0.171. The number of ether oxygens (including phenoxy) is 2. The van der Waals surface area contributed by atoms with Gasteiger partial charge in [-0.1, -0.05) is 6.07 Å². The molecule has 0 unspecified atom stereocenters. The quantitative estimate of drug-likeness (QED) is 0.924. The fourth-order valence-electron chi connectivity index (χ4n) is 2.52. The number of hydrogen-bond acceptors (Lipinski definition) is 3. The van der Waals surface area contributed by atoms with Crippen LogP contribution in [0.2, 0.25) is 0 Å². The fourth-order valence-corrected chi connectivity index (χ4v) is 2.52. The molecule has 7 heteroatoms. The molecule has 0 spiro atoms. The molecule has 2 aromatic carbocycles. The minimum absolute atomic E-state index is 0.0894. The molecular formula is C18H18F2N2O3. The number of fused-ring (bicyclic) bond motifs is 1. The van der Waals surface area contributed by atoms with Crippen LogP contribution in [0.1, 0.15) is 11.1 Å². The Morgan fingerprint density at radius 1 is 1.12 bits per heavy atom. The second kappa shape index (κ2) is 7.38. The molecule has 0 aliphatic carbocycles. The predicted octanol–water partition coefficient (Wildman–Crippen LogP) is 3.08. The lowest BCUT2D eigenvalue weighted by Crippen LogP contribution is -2.36. The molecule has 1 N–H and O–H groups in total. The van der Waals surface area contributed by atoms with Gasteiger partial charge < -0.3 is 19.7 Å². The Balaban J connectivity index is 1.58. The molecule has 0 aromatic heterocycles. The van der Waals surface area contributed by atoms with E-state index in [-0.39, 0.29) is 12.1 Å². The maximum atomic E-state index is 13.6. The largest absolute Gasteiger partial charge is 0.486 e. The van der Waals surface area contributed by atoms with Crippen molar-refractivity contribution in [3.63, 3.8) is 0 Å². The molecule has 2 amide bonds.